The molecule has 100 valence electrons. The number of piperidine rings is 1. The molecule has 2 nitrogen and oxygen atoms in total. The number of rotatable bonds is 6. The van der Waals surface area contributed by atoms with Crippen molar-refractivity contribution < 1.29 is 0 Å². The van der Waals surface area contributed by atoms with Gasteiger partial charge >= 0.3 is 0 Å². The van der Waals surface area contributed by atoms with Gasteiger partial charge in [-0.3, -0.25) is 0 Å². The van der Waals surface area contributed by atoms with Gasteiger partial charge in [0.2, 0.25) is 0 Å². The van der Waals surface area contributed by atoms with E-state index in [2.05, 4.69) is 24.1 Å². The molecule has 0 radical (unpaired) electrons. The van der Waals surface area contributed by atoms with E-state index in [0.29, 0.717) is 5.54 Å². The third-order valence-electron chi connectivity index (χ3n) is 4.89. The molecule has 1 N–H and O–H groups in total. The molecule has 1 atom stereocenters. The Morgan fingerprint density at radius 2 is 1.76 bits per heavy atom. The van der Waals surface area contributed by atoms with Crippen molar-refractivity contribution in [2.24, 2.45) is 0 Å². The number of unbranched alkanes of at least 4 members (excludes halogenated alkanes) is 1. The van der Waals surface area contributed by atoms with Gasteiger partial charge in [0, 0.05) is 24.7 Å². The van der Waals surface area contributed by atoms with Crippen molar-refractivity contribution in [3.63, 3.8) is 0 Å². The maximum atomic E-state index is 3.67. The SMILES string of the molecule is CCCCC(CCC)N1CCC2(CCN2)CC1. The number of nitrogens with one attached hydrogen (secondary N) is 1. The van der Waals surface area contributed by atoms with Crippen LogP contribution in [0.25, 0.3) is 0 Å². The first-order valence-electron chi connectivity index (χ1n) is 7.79. The molecule has 0 aliphatic carbocycles. The molecule has 0 aromatic carbocycles. The molecule has 2 rings (SSSR count). The van der Waals surface area contributed by atoms with Gasteiger partial charge in [-0.25, -0.2) is 0 Å². The summed E-state index contributed by atoms with van der Waals surface area (Å²) >= 11 is 0. The van der Waals surface area contributed by atoms with E-state index in [1.807, 2.05) is 0 Å². The van der Waals surface area contributed by atoms with Crippen molar-refractivity contribution in [1.29, 1.82) is 0 Å². The van der Waals surface area contributed by atoms with Gasteiger partial charge in [-0.15, -0.1) is 0 Å². The van der Waals surface area contributed by atoms with E-state index in [1.165, 1.54) is 71.0 Å². The highest BCUT2D eigenvalue weighted by Gasteiger charge is 2.40. The molecule has 1 spiro atoms. The van der Waals surface area contributed by atoms with Crippen LogP contribution < -0.4 is 5.32 Å². The highest BCUT2D eigenvalue weighted by molar-refractivity contribution is 5.00. The van der Waals surface area contributed by atoms with E-state index in [0.717, 1.165) is 6.04 Å². The molecule has 0 bridgehead atoms. The zero-order valence-electron chi connectivity index (χ0n) is 11.8. The zero-order valence-corrected chi connectivity index (χ0v) is 11.8. The maximum absolute atomic E-state index is 3.67. The van der Waals surface area contributed by atoms with Crippen LogP contribution in [-0.2, 0) is 0 Å². The molecular formula is C15H30N2. The summed E-state index contributed by atoms with van der Waals surface area (Å²) in [5, 5.41) is 3.67. The lowest BCUT2D eigenvalue weighted by atomic mass is 9.78. The van der Waals surface area contributed by atoms with E-state index in [9.17, 15) is 0 Å². The normalized spacial score (nSPS) is 25.8. The van der Waals surface area contributed by atoms with Crippen LogP contribution in [-0.4, -0.2) is 36.1 Å². The summed E-state index contributed by atoms with van der Waals surface area (Å²) in [6.45, 7) is 8.57. The Morgan fingerprint density at radius 3 is 2.24 bits per heavy atom. The Morgan fingerprint density at radius 1 is 1.06 bits per heavy atom. The van der Waals surface area contributed by atoms with Crippen LogP contribution in [0.3, 0.4) is 0 Å². The second-order valence-electron chi connectivity index (χ2n) is 6.08. The highest BCUT2D eigenvalue weighted by atomic mass is 15.2. The summed E-state index contributed by atoms with van der Waals surface area (Å²) < 4.78 is 0. The van der Waals surface area contributed by atoms with Crippen molar-refractivity contribution in [2.45, 2.75) is 76.8 Å². The average molecular weight is 238 g/mol. The molecular weight excluding hydrogens is 208 g/mol. The predicted octanol–water partition coefficient (Wildman–Crippen LogP) is 3.17. The fraction of sp³-hybridized carbons (Fsp3) is 1.00. The molecule has 2 heteroatoms. The molecule has 2 saturated heterocycles. The fourth-order valence-electron chi connectivity index (χ4n) is 3.50. The van der Waals surface area contributed by atoms with Crippen LogP contribution in [0.1, 0.15) is 65.2 Å². The van der Waals surface area contributed by atoms with Crippen molar-refractivity contribution >= 4 is 0 Å². The van der Waals surface area contributed by atoms with Crippen LogP contribution in [0.15, 0.2) is 0 Å². The summed E-state index contributed by atoms with van der Waals surface area (Å²) in [7, 11) is 0. The summed E-state index contributed by atoms with van der Waals surface area (Å²) in [4.78, 5) is 2.78. The topological polar surface area (TPSA) is 15.3 Å². The minimum absolute atomic E-state index is 0.567. The first kappa shape index (κ1) is 13.4. The monoisotopic (exact) mass is 238 g/mol. The molecule has 2 heterocycles. The summed E-state index contributed by atoms with van der Waals surface area (Å²) in [5.41, 5.74) is 0.567. The Kier molecular flexibility index (Phi) is 4.87. The summed E-state index contributed by atoms with van der Waals surface area (Å²) in [5.74, 6) is 0. The fourth-order valence-corrected chi connectivity index (χ4v) is 3.50. The van der Waals surface area contributed by atoms with E-state index in [1.54, 1.807) is 0 Å². The lowest BCUT2D eigenvalue weighted by Gasteiger charge is -2.50. The predicted molar refractivity (Wildman–Crippen MR) is 74.4 cm³/mol. The largest absolute Gasteiger partial charge is 0.311 e. The molecule has 0 aromatic heterocycles. The second kappa shape index (κ2) is 6.19. The molecule has 1 unspecified atom stereocenters. The molecule has 17 heavy (non-hydrogen) atoms. The van der Waals surface area contributed by atoms with E-state index >= 15 is 0 Å². The standard InChI is InChI=1S/C15H30N2/c1-3-5-7-14(6-4-2)17-12-9-15(10-13-17)8-11-16-15/h14,16H,3-13H2,1-2H3. The van der Waals surface area contributed by atoms with Gasteiger partial charge < -0.3 is 10.2 Å². The van der Waals surface area contributed by atoms with Crippen molar-refractivity contribution in [2.75, 3.05) is 19.6 Å². The van der Waals surface area contributed by atoms with Gasteiger partial charge in [-0.2, -0.15) is 0 Å². The van der Waals surface area contributed by atoms with Gasteiger partial charge in [-0.05, 0) is 38.6 Å². The van der Waals surface area contributed by atoms with Gasteiger partial charge in [0.15, 0.2) is 0 Å². The second-order valence-corrected chi connectivity index (χ2v) is 6.08. The Labute approximate surface area is 107 Å². The minimum Gasteiger partial charge on any atom is -0.311 e. The first-order valence-corrected chi connectivity index (χ1v) is 7.79. The summed E-state index contributed by atoms with van der Waals surface area (Å²) in [6, 6.07) is 0.873. The lowest BCUT2D eigenvalue weighted by Crippen LogP contribution is -2.62. The Hall–Kier alpha value is -0.0800. The molecule has 0 aromatic rings. The highest BCUT2D eigenvalue weighted by Crippen LogP contribution is 2.32. The van der Waals surface area contributed by atoms with Gasteiger partial charge in [0.05, 0.1) is 0 Å². The number of hydrogen-bond acceptors (Lipinski definition) is 2. The number of likely N-dealkylation sites (tertiary alicyclic amines) is 1. The number of nitrogens with zero attached hydrogens (tertiary/aromatic N) is 1. The Bertz CT molecular complexity index is 213. The lowest BCUT2D eigenvalue weighted by molar-refractivity contribution is 0.0544. The van der Waals surface area contributed by atoms with Gasteiger partial charge in [0.25, 0.3) is 0 Å². The van der Waals surface area contributed by atoms with Gasteiger partial charge in [0.1, 0.15) is 0 Å². The molecule has 0 amide bonds. The van der Waals surface area contributed by atoms with Crippen LogP contribution in [0.4, 0.5) is 0 Å². The zero-order chi connectivity index (χ0) is 12.1. The van der Waals surface area contributed by atoms with Gasteiger partial charge in [-0.1, -0.05) is 33.1 Å². The molecule has 2 aliphatic rings. The van der Waals surface area contributed by atoms with E-state index < -0.39 is 0 Å². The quantitative estimate of drug-likeness (QED) is 0.764. The third-order valence-corrected chi connectivity index (χ3v) is 4.89. The third kappa shape index (κ3) is 3.23. The molecule has 2 fully saturated rings. The maximum Gasteiger partial charge on any atom is 0.0217 e. The van der Waals surface area contributed by atoms with Crippen LogP contribution in [0, 0.1) is 0 Å². The molecule has 0 saturated carbocycles. The van der Waals surface area contributed by atoms with Crippen LogP contribution in [0.2, 0.25) is 0 Å². The molecule has 2 aliphatic heterocycles. The van der Waals surface area contributed by atoms with Crippen molar-refractivity contribution in [3.05, 3.63) is 0 Å². The van der Waals surface area contributed by atoms with Crippen molar-refractivity contribution in [3.8, 4) is 0 Å². The smallest absolute Gasteiger partial charge is 0.0217 e. The van der Waals surface area contributed by atoms with Crippen molar-refractivity contribution in [1.82, 2.24) is 10.2 Å². The van der Waals surface area contributed by atoms with E-state index in [4.69, 9.17) is 0 Å². The van der Waals surface area contributed by atoms with E-state index in [-0.39, 0.29) is 0 Å². The minimum atomic E-state index is 0.567. The van der Waals surface area contributed by atoms with Crippen LogP contribution >= 0.6 is 0 Å². The first-order chi connectivity index (χ1) is 8.29. The number of hydrogen-bond donors (Lipinski definition) is 1. The average Bonchev–Trinajstić information content (AvgIpc) is 2.33. The summed E-state index contributed by atoms with van der Waals surface area (Å²) in [6.07, 6.45) is 11.1. The Balaban J connectivity index is 1.79. The van der Waals surface area contributed by atoms with Crippen LogP contribution in [0.5, 0.6) is 0 Å².